The van der Waals surface area contributed by atoms with Gasteiger partial charge in [-0.2, -0.15) is 8.78 Å². The zero-order valence-corrected chi connectivity index (χ0v) is 22.7. The maximum absolute atomic E-state index is 13.2. The Kier molecular flexibility index (Phi) is 8.34. The van der Waals surface area contributed by atoms with Crippen molar-refractivity contribution in [3.63, 3.8) is 0 Å². The third-order valence-electron chi connectivity index (χ3n) is 6.78. The van der Waals surface area contributed by atoms with Gasteiger partial charge in [0.05, 0.1) is 22.4 Å². The topological polar surface area (TPSA) is 113 Å². The van der Waals surface area contributed by atoms with Crippen molar-refractivity contribution in [2.75, 3.05) is 6.61 Å². The number of ether oxygens (including phenoxy) is 3. The van der Waals surface area contributed by atoms with Gasteiger partial charge >= 0.3 is 12.6 Å². The van der Waals surface area contributed by atoms with E-state index in [0.29, 0.717) is 28.7 Å². The fraction of sp³-hybridized carbons (Fsp3) is 0.310. The van der Waals surface area contributed by atoms with Crippen LogP contribution in [-0.4, -0.2) is 34.0 Å². The summed E-state index contributed by atoms with van der Waals surface area (Å²) in [6, 6.07) is 10.6. The Labute approximate surface area is 237 Å². The molecule has 2 aromatic carbocycles. The zero-order chi connectivity index (χ0) is 29.1. The van der Waals surface area contributed by atoms with Gasteiger partial charge < -0.3 is 14.2 Å². The number of halogens is 3. The Bertz CT molecular complexity index is 1680. The third kappa shape index (κ3) is 6.74. The molecule has 2 aromatic heterocycles. The van der Waals surface area contributed by atoms with Crippen LogP contribution in [0.3, 0.4) is 0 Å². The van der Waals surface area contributed by atoms with E-state index in [4.69, 9.17) is 21.1 Å². The van der Waals surface area contributed by atoms with Gasteiger partial charge in [-0.3, -0.25) is 24.5 Å². The third-order valence-corrected chi connectivity index (χ3v) is 7.11. The highest BCUT2D eigenvalue weighted by Crippen LogP contribution is 2.37. The molecule has 0 bridgehead atoms. The van der Waals surface area contributed by atoms with Gasteiger partial charge in [-0.15, -0.1) is 0 Å². The molecule has 0 amide bonds. The van der Waals surface area contributed by atoms with E-state index < -0.39 is 36.3 Å². The molecule has 12 heteroatoms. The molecule has 4 aromatic rings. The van der Waals surface area contributed by atoms with Gasteiger partial charge in [-0.25, -0.2) is 4.68 Å². The first-order chi connectivity index (χ1) is 19.7. The van der Waals surface area contributed by atoms with Crippen molar-refractivity contribution in [2.45, 2.75) is 45.4 Å². The molecule has 1 aliphatic carbocycles. The Morgan fingerprint density at radius 1 is 1.12 bits per heavy atom. The summed E-state index contributed by atoms with van der Waals surface area (Å²) in [6.45, 7) is -1.49. The van der Waals surface area contributed by atoms with E-state index in [1.54, 1.807) is 25.3 Å². The number of benzene rings is 2. The molecule has 41 heavy (non-hydrogen) atoms. The van der Waals surface area contributed by atoms with E-state index in [0.717, 1.165) is 23.1 Å². The molecule has 0 aliphatic heterocycles. The molecular weight excluding hydrogens is 560 g/mol. The highest BCUT2D eigenvalue weighted by atomic mass is 35.5. The summed E-state index contributed by atoms with van der Waals surface area (Å²) in [5.41, 5.74) is 0.736. The van der Waals surface area contributed by atoms with Gasteiger partial charge in [-0.1, -0.05) is 29.8 Å². The predicted molar refractivity (Wildman–Crippen MR) is 147 cm³/mol. The molecule has 0 unspecified atom stereocenters. The Morgan fingerprint density at radius 3 is 2.59 bits per heavy atom. The number of nitrogens with one attached hydrogen (secondary N) is 1. The minimum Gasteiger partial charge on any atom is -0.489 e. The SMILES string of the molecule is Cc1cncc(Cl)c1C[C@H](OC(=O)Cn1[nH]c(=O)c2ccccc2c1=O)c1ccc(OC(F)F)c(OCC2CC2)c1. The van der Waals surface area contributed by atoms with Crippen LogP contribution in [-0.2, 0) is 22.5 Å². The molecule has 5 rings (SSSR count). The van der Waals surface area contributed by atoms with Gasteiger partial charge in [0.1, 0.15) is 12.6 Å². The summed E-state index contributed by atoms with van der Waals surface area (Å²) < 4.78 is 43.3. The van der Waals surface area contributed by atoms with E-state index in [-0.39, 0.29) is 28.7 Å². The van der Waals surface area contributed by atoms with Crippen molar-refractivity contribution < 1.29 is 27.8 Å². The van der Waals surface area contributed by atoms with Crippen molar-refractivity contribution in [2.24, 2.45) is 5.92 Å². The largest absolute Gasteiger partial charge is 0.489 e. The number of hydrogen-bond donors (Lipinski definition) is 1. The van der Waals surface area contributed by atoms with Crippen molar-refractivity contribution in [1.29, 1.82) is 0 Å². The first kappa shape index (κ1) is 28.3. The first-order valence-corrected chi connectivity index (χ1v) is 13.3. The van der Waals surface area contributed by atoms with Crippen molar-refractivity contribution >= 4 is 28.3 Å². The number of aromatic nitrogens is 3. The van der Waals surface area contributed by atoms with Gasteiger partial charge in [-0.05, 0) is 66.6 Å². The standard InChI is InChI=1S/C29H26ClF2N3O6/c1-16-12-33-13-22(30)21(16)11-24(18-8-9-23(41-29(31)32)25(10-18)39-15-17-6-7-17)40-26(36)14-35-28(38)20-5-3-2-4-19(20)27(37)34-35/h2-5,8-10,12-13,17,24,29H,6-7,11,14-15H2,1H3,(H,34,37)/t24-/m0/s1. The number of carbonyl (C=O) groups excluding carboxylic acids is 1. The average Bonchev–Trinajstić information content (AvgIpc) is 3.77. The van der Waals surface area contributed by atoms with Crippen LogP contribution < -0.4 is 20.6 Å². The van der Waals surface area contributed by atoms with Crippen LogP contribution in [0.1, 0.15) is 35.6 Å². The molecule has 2 heterocycles. The van der Waals surface area contributed by atoms with Crippen LogP contribution in [0.25, 0.3) is 10.8 Å². The Balaban J connectivity index is 1.47. The van der Waals surface area contributed by atoms with Crippen LogP contribution in [0.4, 0.5) is 8.78 Å². The van der Waals surface area contributed by atoms with E-state index in [1.165, 1.54) is 36.5 Å². The fourth-order valence-electron chi connectivity index (χ4n) is 4.44. The lowest BCUT2D eigenvalue weighted by Crippen LogP contribution is -2.33. The number of nitrogens with zero attached hydrogens (tertiary/aromatic N) is 2. The number of carbonyl (C=O) groups is 1. The fourth-order valence-corrected chi connectivity index (χ4v) is 4.72. The number of aromatic amines is 1. The number of pyridine rings is 1. The van der Waals surface area contributed by atoms with Crippen molar-refractivity contribution in [3.05, 3.63) is 97.3 Å². The Hall–Kier alpha value is -4.25. The van der Waals surface area contributed by atoms with Crippen molar-refractivity contribution in [3.8, 4) is 11.5 Å². The summed E-state index contributed by atoms with van der Waals surface area (Å²) in [5, 5.41) is 3.12. The lowest BCUT2D eigenvalue weighted by atomic mass is 9.98. The van der Waals surface area contributed by atoms with E-state index >= 15 is 0 Å². The first-order valence-electron chi connectivity index (χ1n) is 12.9. The molecule has 1 N–H and O–H groups in total. The predicted octanol–water partition coefficient (Wildman–Crippen LogP) is 4.96. The van der Waals surface area contributed by atoms with Crippen molar-refractivity contribution in [1.82, 2.24) is 14.8 Å². The lowest BCUT2D eigenvalue weighted by Gasteiger charge is -2.22. The summed E-state index contributed by atoms with van der Waals surface area (Å²) >= 11 is 6.41. The second kappa shape index (κ2) is 12.1. The number of fused-ring (bicyclic) bond motifs is 1. The van der Waals surface area contributed by atoms with Crippen LogP contribution in [0.5, 0.6) is 11.5 Å². The highest BCUT2D eigenvalue weighted by molar-refractivity contribution is 6.31. The van der Waals surface area contributed by atoms with Crippen LogP contribution in [0, 0.1) is 12.8 Å². The normalized spacial score (nSPS) is 13.8. The average molecular weight is 586 g/mol. The van der Waals surface area contributed by atoms with Crippen LogP contribution in [0.15, 0.2) is 64.4 Å². The lowest BCUT2D eigenvalue weighted by molar-refractivity contribution is -0.150. The number of H-pyrrole nitrogens is 1. The second-order valence-corrected chi connectivity index (χ2v) is 10.2. The second-order valence-electron chi connectivity index (χ2n) is 9.82. The summed E-state index contributed by atoms with van der Waals surface area (Å²) in [6.07, 6.45) is 4.20. The van der Waals surface area contributed by atoms with Gasteiger partial charge in [0.2, 0.25) is 0 Å². The number of aryl methyl sites for hydroxylation is 1. The molecular formula is C29H26ClF2N3O6. The molecule has 1 atom stereocenters. The Morgan fingerprint density at radius 2 is 1.88 bits per heavy atom. The molecule has 0 radical (unpaired) electrons. The van der Waals surface area contributed by atoms with E-state index in [9.17, 15) is 23.2 Å². The molecule has 1 fully saturated rings. The molecule has 9 nitrogen and oxygen atoms in total. The summed E-state index contributed by atoms with van der Waals surface area (Å²) in [4.78, 5) is 42.6. The zero-order valence-electron chi connectivity index (χ0n) is 21.9. The molecule has 0 spiro atoms. The molecule has 0 saturated heterocycles. The maximum Gasteiger partial charge on any atom is 0.387 e. The van der Waals surface area contributed by atoms with Gasteiger partial charge in [0.15, 0.2) is 11.5 Å². The number of rotatable bonds is 11. The molecule has 214 valence electrons. The minimum absolute atomic E-state index is 0.0865. The van der Waals surface area contributed by atoms with Crippen LogP contribution in [0.2, 0.25) is 5.02 Å². The number of esters is 1. The number of hydrogen-bond acceptors (Lipinski definition) is 7. The van der Waals surface area contributed by atoms with Crippen LogP contribution >= 0.6 is 11.6 Å². The molecule has 1 aliphatic rings. The monoisotopic (exact) mass is 585 g/mol. The summed E-state index contributed by atoms with van der Waals surface area (Å²) in [7, 11) is 0. The minimum atomic E-state index is -3.06. The summed E-state index contributed by atoms with van der Waals surface area (Å²) in [5.74, 6) is -0.539. The quantitative estimate of drug-likeness (QED) is 0.247. The smallest absolute Gasteiger partial charge is 0.387 e. The number of alkyl halides is 2. The van der Waals surface area contributed by atoms with E-state index in [1.807, 2.05) is 0 Å². The van der Waals surface area contributed by atoms with Gasteiger partial charge in [0.25, 0.3) is 11.1 Å². The van der Waals surface area contributed by atoms with Gasteiger partial charge in [0, 0.05) is 18.8 Å². The highest BCUT2D eigenvalue weighted by Gasteiger charge is 2.26. The molecule has 1 saturated carbocycles. The maximum atomic E-state index is 13.2. The van der Waals surface area contributed by atoms with E-state index in [2.05, 4.69) is 14.8 Å².